The zero-order chi connectivity index (χ0) is 27.5. The second-order valence-electron chi connectivity index (χ2n) is 11.7. The Bertz CT molecular complexity index is 1110. The van der Waals surface area contributed by atoms with E-state index >= 15 is 0 Å². The average Bonchev–Trinajstić information content (AvgIpc) is 2.96. The van der Waals surface area contributed by atoms with Gasteiger partial charge in [-0.05, 0) is 47.6 Å². The van der Waals surface area contributed by atoms with Crippen LogP contribution >= 0.6 is 0 Å². The van der Waals surface area contributed by atoms with Crippen LogP contribution in [0.3, 0.4) is 0 Å². The summed E-state index contributed by atoms with van der Waals surface area (Å²) >= 11 is 0. The Morgan fingerprint density at radius 2 is 1.58 bits per heavy atom. The normalized spacial score (nSPS) is 12.4. The van der Waals surface area contributed by atoms with Crippen molar-refractivity contribution < 1.29 is 23.8 Å². The van der Waals surface area contributed by atoms with Gasteiger partial charge in [-0.2, -0.15) is 4.90 Å². The maximum absolute atomic E-state index is 12.9. The number of carbonyl (C=O) groups is 2. The first kappa shape index (κ1) is 29.2. The second-order valence-corrected chi connectivity index (χ2v) is 17.3. The monoisotopic (exact) mass is 521 g/mol. The van der Waals surface area contributed by atoms with E-state index in [4.69, 9.17) is 14.2 Å². The number of ether oxygens (including phenoxy) is 3. The van der Waals surface area contributed by atoms with Gasteiger partial charge < -0.3 is 14.2 Å². The second kappa shape index (κ2) is 11.0. The molecular formula is C24H39N5O6Si. The minimum atomic E-state index is -1.24. The number of hydrogen-bond donors (Lipinski definition) is 0. The lowest BCUT2D eigenvalue weighted by atomic mass is 10.2. The zero-order valence-electron chi connectivity index (χ0n) is 23.0. The van der Waals surface area contributed by atoms with Gasteiger partial charge in [-0.25, -0.2) is 19.6 Å². The molecule has 0 unspecified atom stereocenters. The number of nitrogens with zero attached hydrogens (tertiary/aromatic N) is 5. The van der Waals surface area contributed by atoms with Gasteiger partial charge in [0.25, 0.3) is 5.56 Å². The maximum Gasteiger partial charge on any atom is 0.425 e. The third-order valence-electron chi connectivity index (χ3n) is 4.67. The molecule has 0 aliphatic carbocycles. The molecule has 11 nitrogen and oxygen atoms in total. The van der Waals surface area contributed by atoms with Gasteiger partial charge in [-0.1, -0.05) is 19.6 Å². The smallest absolute Gasteiger partial charge is 0.425 e. The number of amides is 2. The van der Waals surface area contributed by atoms with Crippen LogP contribution in [0.2, 0.25) is 25.7 Å². The van der Waals surface area contributed by atoms with E-state index in [2.05, 4.69) is 29.6 Å². The summed E-state index contributed by atoms with van der Waals surface area (Å²) in [6.07, 6.45) is 1.03. The minimum Gasteiger partial charge on any atom is -0.443 e. The van der Waals surface area contributed by atoms with Crippen LogP contribution in [0.4, 0.5) is 15.4 Å². The van der Waals surface area contributed by atoms with E-state index in [9.17, 15) is 14.4 Å². The molecule has 0 saturated heterocycles. The zero-order valence-corrected chi connectivity index (χ0v) is 24.0. The van der Waals surface area contributed by atoms with Crippen molar-refractivity contribution in [3.8, 4) is 11.4 Å². The fourth-order valence-electron chi connectivity index (χ4n) is 2.88. The SMILES string of the molecule is Cn1c(=O)c(-c2nccc(N(C(=O)OC(C)(C)C)C(=O)OC(C)(C)C)n2)cn1COCC[Si](C)(C)C. The molecule has 0 aromatic carbocycles. The molecule has 0 bridgehead atoms. The highest BCUT2D eigenvalue weighted by Gasteiger charge is 2.34. The van der Waals surface area contributed by atoms with Crippen LogP contribution in [0.15, 0.2) is 23.3 Å². The number of rotatable bonds is 7. The van der Waals surface area contributed by atoms with Crippen LogP contribution in [0.25, 0.3) is 11.4 Å². The molecule has 36 heavy (non-hydrogen) atoms. The molecular weight excluding hydrogens is 482 g/mol. The summed E-state index contributed by atoms with van der Waals surface area (Å²) in [7, 11) is 0.380. The van der Waals surface area contributed by atoms with Gasteiger partial charge in [0.15, 0.2) is 11.6 Å². The van der Waals surface area contributed by atoms with Crippen LogP contribution in [-0.2, 0) is 28.0 Å². The van der Waals surface area contributed by atoms with Gasteiger partial charge in [0.05, 0.1) is 0 Å². The quantitative estimate of drug-likeness (QED) is 0.382. The van der Waals surface area contributed by atoms with Crippen molar-refractivity contribution in [2.45, 2.75) is 85.2 Å². The predicted octanol–water partition coefficient (Wildman–Crippen LogP) is 4.63. The van der Waals surface area contributed by atoms with Crippen molar-refractivity contribution >= 4 is 26.1 Å². The fraction of sp³-hybridized carbons (Fsp3) is 0.625. The standard InChI is InChI=1S/C24H39N5O6Si/c1-23(2,3)34-21(31)29(22(32)35-24(4,5)6)18-11-12-25-19(26-18)17-15-28(27(7)20(17)30)16-33-13-14-36(8,9)10/h11-12,15H,13-14,16H2,1-10H3. The van der Waals surface area contributed by atoms with Crippen molar-refractivity contribution in [3.63, 3.8) is 0 Å². The minimum absolute atomic E-state index is 0.0473. The number of imide groups is 1. The molecule has 2 rings (SSSR count). The fourth-order valence-corrected chi connectivity index (χ4v) is 3.63. The highest BCUT2D eigenvalue weighted by Crippen LogP contribution is 2.22. The van der Waals surface area contributed by atoms with Crippen LogP contribution in [0.1, 0.15) is 41.5 Å². The van der Waals surface area contributed by atoms with Crippen LogP contribution in [-0.4, -0.2) is 57.4 Å². The third kappa shape index (κ3) is 8.59. The summed E-state index contributed by atoms with van der Waals surface area (Å²) in [6, 6.07) is 2.38. The van der Waals surface area contributed by atoms with Crippen LogP contribution in [0, 0.1) is 0 Å². The van der Waals surface area contributed by atoms with Gasteiger partial charge in [0.1, 0.15) is 23.5 Å². The van der Waals surface area contributed by atoms with E-state index in [0.29, 0.717) is 11.5 Å². The first-order valence-electron chi connectivity index (χ1n) is 11.8. The summed E-state index contributed by atoms with van der Waals surface area (Å²) in [4.78, 5) is 48.0. The predicted molar refractivity (Wildman–Crippen MR) is 140 cm³/mol. The first-order chi connectivity index (χ1) is 16.4. The average molecular weight is 522 g/mol. The van der Waals surface area contributed by atoms with Gasteiger partial charge in [0, 0.05) is 40.2 Å². The largest absolute Gasteiger partial charge is 0.443 e. The topological polar surface area (TPSA) is 118 Å². The van der Waals surface area contributed by atoms with Crippen LogP contribution in [0.5, 0.6) is 0 Å². The van der Waals surface area contributed by atoms with Gasteiger partial charge in [0.2, 0.25) is 0 Å². The Kier molecular flexibility index (Phi) is 8.90. The molecule has 0 aliphatic heterocycles. The van der Waals surface area contributed by atoms with E-state index in [-0.39, 0.29) is 29.5 Å². The molecule has 200 valence electrons. The number of aromatic nitrogens is 4. The number of anilines is 1. The Morgan fingerprint density at radius 1 is 1.03 bits per heavy atom. The van der Waals surface area contributed by atoms with E-state index in [1.165, 1.54) is 16.9 Å². The molecule has 0 atom stereocenters. The van der Waals surface area contributed by atoms with E-state index in [0.717, 1.165) is 6.04 Å². The summed E-state index contributed by atoms with van der Waals surface area (Å²) in [5, 5.41) is 0. The highest BCUT2D eigenvalue weighted by molar-refractivity contribution is 6.76. The van der Waals surface area contributed by atoms with Crippen molar-refractivity contribution in [2.75, 3.05) is 11.5 Å². The number of carbonyl (C=O) groups excluding carboxylic acids is 2. The molecule has 0 saturated carbocycles. The molecule has 2 aromatic rings. The molecule has 0 fully saturated rings. The van der Waals surface area contributed by atoms with Crippen molar-refractivity contribution in [1.29, 1.82) is 0 Å². The summed E-state index contributed by atoms with van der Waals surface area (Å²) in [6.45, 7) is 17.7. The molecule has 2 aromatic heterocycles. The van der Waals surface area contributed by atoms with Crippen molar-refractivity contribution in [1.82, 2.24) is 19.3 Å². The van der Waals surface area contributed by atoms with Crippen LogP contribution < -0.4 is 10.5 Å². The molecule has 2 amide bonds. The van der Waals surface area contributed by atoms with Gasteiger partial charge in [-0.3, -0.25) is 14.2 Å². The summed E-state index contributed by atoms with van der Waals surface area (Å²) < 4.78 is 19.6. The molecule has 2 heterocycles. The Morgan fingerprint density at radius 3 is 2.08 bits per heavy atom. The van der Waals surface area contributed by atoms with Gasteiger partial charge in [-0.15, -0.1) is 0 Å². The van der Waals surface area contributed by atoms with E-state index < -0.39 is 31.5 Å². The summed E-state index contributed by atoms with van der Waals surface area (Å²) in [5.74, 6) is -0.0317. The highest BCUT2D eigenvalue weighted by atomic mass is 28.3. The third-order valence-corrected chi connectivity index (χ3v) is 6.37. The summed E-state index contributed by atoms with van der Waals surface area (Å²) in [5.41, 5.74) is -1.88. The molecule has 0 aliphatic rings. The lowest BCUT2D eigenvalue weighted by Gasteiger charge is -2.28. The van der Waals surface area contributed by atoms with Gasteiger partial charge >= 0.3 is 12.2 Å². The van der Waals surface area contributed by atoms with Crippen molar-refractivity contribution in [2.24, 2.45) is 7.05 Å². The number of hydrogen-bond acceptors (Lipinski definition) is 8. The Hall–Kier alpha value is -2.99. The molecule has 0 N–H and O–H groups in total. The molecule has 0 spiro atoms. The molecule has 0 radical (unpaired) electrons. The lowest BCUT2D eigenvalue weighted by molar-refractivity contribution is 0.0429. The first-order valence-corrected chi connectivity index (χ1v) is 15.5. The molecule has 12 heteroatoms. The van der Waals surface area contributed by atoms with Crippen molar-refractivity contribution in [3.05, 3.63) is 28.8 Å². The lowest BCUT2D eigenvalue weighted by Crippen LogP contribution is -2.44. The Labute approximate surface area is 213 Å². The maximum atomic E-state index is 12.9. The Balaban J connectivity index is 2.39. The van der Waals surface area contributed by atoms with E-state index in [1.54, 1.807) is 59.5 Å². The van der Waals surface area contributed by atoms with E-state index in [1.807, 2.05) is 0 Å².